The SMILES string of the molecule is CCCNC1CCC(C)CC1N(CC(C)C)C1CCCC1. The molecule has 2 fully saturated rings. The van der Waals surface area contributed by atoms with Gasteiger partial charge in [0.1, 0.15) is 0 Å². The van der Waals surface area contributed by atoms with Gasteiger partial charge in [-0.2, -0.15) is 0 Å². The zero-order valence-electron chi connectivity index (χ0n) is 14.9. The molecule has 0 amide bonds. The standard InChI is InChI=1S/C19H38N2/c1-5-12-20-18-11-10-16(4)13-19(18)21(14-15(2)3)17-8-6-7-9-17/h15-20H,5-14H2,1-4H3. The molecule has 0 spiro atoms. The molecule has 0 aliphatic heterocycles. The lowest BCUT2D eigenvalue weighted by Crippen LogP contribution is -2.56. The lowest BCUT2D eigenvalue weighted by molar-refractivity contribution is 0.0541. The summed E-state index contributed by atoms with van der Waals surface area (Å²) >= 11 is 0. The van der Waals surface area contributed by atoms with Gasteiger partial charge in [-0.15, -0.1) is 0 Å². The van der Waals surface area contributed by atoms with Gasteiger partial charge in [0, 0.05) is 24.7 Å². The Bertz CT molecular complexity index is 281. The minimum absolute atomic E-state index is 0.737. The van der Waals surface area contributed by atoms with E-state index in [2.05, 4.69) is 37.9 Å². The maximum Gasteiger partial charge on any atom is 0.0254 e. The third-order valence-corrected chi connectivity index (χ3v) is 5.53. The summed E-state index contributed by atoms with van der Waals surface area (Å²) in [5, 5.41) is 3.88. The molecule has 0 bridgehead atoms. The van der Waals surface area contributed by atoms with Gasteiger partial charge >= 0.3 is 0 Å². The summed E-state index contributed by atoms with van der Waals surface area (Å²) < 4.78 is 0. The zero-order valence-corrected chi connectivity index (χ0v) is 14.9. The van der Waals surface area contributed by atoms with Gasteiger partial charge in [0.25, 0.3) is 0 Å². The van der Waals surface area contributed by atoms with Crippen LogP contribution in [0.4, 0.5) is 0 Å². The third kappa shape index (κ3) is 4.96. The van der Waals surface area contributed by atoms with Crippen LogP contribution in [0.3, 0.4) is 0 Å². The van der Waals surface area contributed by atoms with Gasteiger partial charge in [-0.3, -0.25) is 4.90 Å². The molecule has 0 aromatic carbocycles. The highest BCUT2D eigenvalue weighted by Gasteiger charge is 2.36. The fraction of sp³-hybridized carbons (Fsp3) is 1.00. The second-order valence-corrected chi connectivity index (χ2v) is 8.08. The summed E-state index contributed by atoms with van der Waals surface area (Å²) in [4.78, 5) is 2.93. The maximum absolute atomic E-state index is 3.88. The van der Waals surface area contributed by atoms with Gasteiger partial charge in [0.2, 0.25) is 0 Å². The van der Waals surface area contributed by atoms with Crippen LogP contribution in [0.5, 0.6) is 0 Å². The predicted molar refractivity (Wildman–Crippen MR) is 92.7 cm³/mol. The van der Waals surface area contributed by atoms with Gasteiger partial charge < -0.3 is 5.32 Å². The van der Waals surface area contributed by atoms with Crippen molar-refractivity contribution in [3.05, 3.63) is 0 Å². The molecule has 0 aromatic heterocycles. The highest BCUT2D eigenvalue weighted by Crippen LogP contribution is 2.33. The molecule has 2 aliphatic carbocycles. The monoisotopic (exact) mass is 294 g/mol. The minimum Gasteiger partial charge on any atom is -0.312 e. The van der Waals surface area contributed by atoms with Crippen LogP contribution in [-0.2, 0) is 0 Å². The van der Waals surface area contributed by atoms with Crippen LogP contribution in [0, 0.1) is 11.8 Å². The van der Waals surface area contributed by atoms with Gasteiger partial charge in [0.05, 0.1) is 0 Å². The lowest BCUT2D eigenvalue weighted by Gasteiger charge is -2.46. The Morgan fingerprint density at radius 2 is 1.81 bits per heavy atom. The predicted octanol–water partition coefficient (Wildman–Crippen LogP) is 4.44. The third-order valence-electron chi connectivity index (χ3n) is 5.53. The molecule has 3 atom stereocenters. The number of nitrogens with zero attached hydrogens (tertiary/aromatic N) is 1. The molecule has 3 unspecified atom stereocenters. The number of rotatable bonds is 7. The Labute approximate surface area is 133 Å². The quantitative estimate of drug-likeness (QED) is 0.746. The first kappa shape index (κ1) is 17.3. The highest BCUT2D eigenvalue weighted by molar-refractivity contribution is 4.94. The summed E-state index contributed by atoms with van der Waals surface area (Å²) in [6, 6.07) is 2.39. The minimum atomic E-state index is 0.737. The van der Waals surface area contributed by atoms with E-state index in [1.807, 2.05) is 0 Å². The number of hydrogen-bond donors (Lipinski definition) is 1. The van der Waals surface area contributed by atoms with E-state index in [0.29, 0.717) is 0 Å². The second kappa shape index (κ2) is 8.53. The van der Waals surface area contributed by atoms with E-state index in [1.54, 1.807) is 0 Å². The van der Waals surface area contributed by atoms with E-state index in [9.17, 15) is 0 Å². The van der Waals surface area contributed by atoms with Crippen molar-refractivity contribution in [2.75, 3.05) is 13.1 Å². The summed E-state index contributed by atoms with van der Waals surface area (Å²) in [7, 11) is 0. The largest absolute Gasteiger partial charge is 0.312 e. The van der Waals surface area contributed by atoms with E-state index in [4.69, 9.17) is 0 Å². The highest BCUT2D eigenvalue weighted by atomic mass is 15.2. The van der Waals surface area contributed by atoms with Crippen molar-refractivity contribution in [3.8, 4) is 0 Å². The Balaban J connectivity index is 2.07. The first-order valence-corrected chi connectivity index (χ1v) is 9.61. The normalized spacial score (nSPS) is 31.4. The van der Waals surface area contributed by atoms with Crippen molar-refractivity contribution < 1.29 is 0 Å². The second-order valence-electron chi connectivity index (χ2n) is 8.08. The van der Waals surface area contributed by atoms with E-state index >= 15 is 0 Å². The molecule has 0 saturated heterocycles. The van der Waals surface area contributed by atoms with Crippen molar-refractivity contribution in [2.24, 2.45) is 11.8 Å². The van der Waals surface area contributed by atoms with E-state index in [1.165, 1.54) is 64.5 Å². The molecule has 2 saturated carbocycles. The van der Waals surface area contributed by atoms with Crippen molar-refractivity contribution >= 4 is 0 Å². The smallest absolute Gasteiger partial charge is 0.0254 e. The average Bonchev–Trinajstić information content (AvgIpc) is 2.97. The fourth-order valence-corrected chi connectivity index (χ4v) is 4.50. The van der Waals surface area contributed by atoms with Crippen LogP contribution < -0.4 is 5.32 Å². The molecule has 0 heterocycles. The van der Waals surface area contributed by atoms with Crippen LogP contribution in [-0.4, -0.2) is 36.1 Å². The molecule has 0 radical (unpaired) electrons. The fourth-order valence-electron chi connectivity index (χ4n) is 4.50. The van der Waals surface area contributed by atoms with E-state index < -0.39 is 0 Å². The molecule has 21 heavy (non-hydrogen) atoms. The van der Waals surface area contributed by atoms with Crippen LogP contribution >= 0.6 is 0 Å². The molecule has 1 N–H and O–H groups in total. The van der Waals surface area contributed by atoms with Crippen molar-refractivity contribution in [1.82, 2.24) is 10.2 Å². The van der Waals surface area contributed by atoms with Crippen molar-refractivity contribution in [1.29, 1.82) is 0 Å². The molecule has 124 valence electrons. The Morgan fingerprint density at radius 1 is 1.10 bits per heavy atom. The summed E-state index contributed by atoms with van der Waals surface area (Å²) in [6.45, 7) is 12.0. The molecular weight excluding hydrogens is 256 g/mol. The Kier molecular flexibility index (Phi) is 7.01. The lowest BCUT2D eigenvalue weighted by atomic mass is 9.81. The van der Waals surface area contributed by atoms with E-state index in [0.717, 1.165) is 30.0 Å². The number of nitrogens with one attached hydrogen (secondary N) is 1. The first-order valence-electron chi connectivity index (χ1n) is 9.61. The van der Waals surface area contributed by atoms with Gasteiger partial charge in [0.15, 0.2) is 0 Å². The Hall–Kier alpha value is -0.0800. The number of hydrogen-bond acceptors (Lipinski definition) is 2. The molecule has 2 rings (SSSR count). The molecule has 2 aliphatic rings. The first-order chi connectivity index (χ1) is 10.1. The molecular formula is C19H38N2. The molecule has 2 heteroatoms. The van der Waals surface area contributed by atoms with Crippen LogP contribution in [0.1, 0.15) is 79.1 Å². The maximum atomic E-state index is 3.88. The van der Waals surface area contributed by atoms with Gasteiger partial charge in [-0.1, -0.05) is 40.5 Å². The van der Waals surface area contributed by atoms with Gasteiger partial charge in [-0.05, 0) is 56.9 Å². The van der Waals surface area contributed by atoms with E-state index in [-0.39, 0.29) is 0 Å². The summed E-state index contributed by atoms with van der Waals surface area (Å²) in [6.07, 6.45) is 11.3. The van der Waals surface area contributed by atoms with Crippen LogP contribution in [0.2, 0.25) is 0 Å². The van der Waals surface area contributed by atoms with Crippen LogP contribution in [0.15, 0.2) is 0 Å². The summed E-state index contributed by atoms with van der Waals surface area (Å²) in [5.74, 6) is 1.69. The van der Waals surface area contributed by atoms with Crippen LogP contribution in [0.25, 0.3) is 0 Å². The topological polar surface area (TPSA) is 15.3 Å². The van der Waals surface area contributed by atoms with Crippen molar-refractivity contribution in [2.45, 2.75) is 97.2 Å². The summed E-state index contributed by atoms with van der Waals surface area (Å²) in [5.41, 5.74) is 0. The molecule has 0 aromatic rings. The average molecular weight is 295 g/mol. The van der Waals surface area contributed by atoms with Crippen molar-refractivity contribution in [3.63, 3.8) is 0 Å². The molecule has 2 nitrogen and oxygen atoms in total. The Morgan fingerprint density at radius 3 is 2.43 bits per heavy atom. The zero-order chi connectivity index (χ0) is 15.2. The van der Waals surface area contributed by atoms with Gasteiger partial charge in [-0.25, -0.2) is 0 Å².